The van der Waals surface area contributed by atoms with Crippen molar-refractivity contribution in [1.82, 2.24) is 4.90 Å². The number of likely N-dealkylation sites (tertiary alicyclic amines) is 1. The number of nitrogens with two attached hydrogens (primary N) is 1. The van der Waals surface area contributed by atoms with Gasteiger partial charge in [-0.25, -0.2) is 0 Å². The molecule has 132 valence electrons. The number of fused-ring (bicyclic) bond motifs is 1. The number of halogens is 1. The summed E-state index contributed by atoms with van der Waals surface area (Å²) in [5.41, 5.74) is 8.98. The summed E-state index contributed by atoms with van der Waals surface area (Å²) in [5, 5.41) is 2.84. The SMILES string of the molecule is Cl.NCC1CCCCN1C(=O)CCCc1ccc2c(c1)CC(=O)N2. The number of benzene rings is 1. The highest BCUT2D eigenvalue weighted by Crippen LogP contribution is 2.24. The zero-order chi connectivity index (χ0) is 16.2. The van der Waals surface area contributed by atoms with Crippen molar-refractivity contribution in [3.63, 3.8) is 0 Å². The minimum atomic E-state index is 0. The number of amides is 2. The normalized spacial score (nSPS) is 19.5. The van der Waals surface area contributed by atoms with Gasteiger partial charge in [0.2, 0.25) is 11.8 Å². The number of nitrogens with zero attached hydrogens (tertiary/aromatic N) is 1. The van der Waals surface area contributed by atoms with Crippen molar-refractivity contribution >= 4 is 29.9 Å². The van der Waals surface area contributed by atoms with E-state index in [0.717, 1.165) is 43.5 Å². The number of rotatable bonds is 5. The van der Waals surface area contributed by atoms with Gasteiger partial charge in [0.1, 0.15) is 0 Å². The van der Waals surface area contributed by atoms with Gasteiger partial charge in [0.25, 0.3) is 0 Å². The zero-order valence-electron chi connectivity index (χ0n) is 13.9. The molecule has 2 aliphatic rings. The molecule has 3 N–H and O–H groups in total. The molecule has 24 heavy (non-hydrogen) atoms. The van der Waals surface area contributed by atoms with Gasteiger partial charge < -0.3 is 16.0 Å². The van der Waals surface area contributed by atoms with Gasteiger partial charge in [-0.05, 0) is 49.3 Å². The number of hydrogen-bond donors (Lipinski definition) is 2. The lowest BCUT2D eigenvalue weighted by molar-refractivity contribution is -0.134. The molecule has 1 fully saturated rings. The summed E-state index contributed by atoms with van der Waals surface area (Å²) in [6.45, 7) is 1.42. The molecule has 2 heterocycles. The lowest BCUT2D eigenvalue weighted by Crippen LogP contribution is -2.47. The summed E-state index contributed by atoms with van der Waals surface area (Å²) in [6, 6.07) is 6.32. The van der Waals surface area contributed by atoms with Gasteiger partial charge in [0.05, 0.1) is 6.42 Å². The van der Waals surface area contributed by atoms with Crippen LogP contribution < -0.4 is 11.1 Å². The average molecular weight is 352 g/mol. The summed E-state index contributed by atoms with van der Waals surface area (Å²) < 4.78 is 0. The average Bonchev–Trinajstić information content (AvgIpc) is 2.94. The standard InChI is InChI=1S/C18H25N3O2.ClH/c19-12-15-5-1-2-9-21(15)18(23)6-3-4-13-7-8-16-14(10-13)11-17(22)20-16;/h7-8,10,15H,1-6,9,11-12,19H2,(H,20,22);1H. The van der Waals surface area contributed by atoms with Crippen molar-refractivity contribution in [2.75, 3.05) is 18.4 Å². The molecule has 1 aromatic carbocycles. The van der Waals surface area contributed by atoms with E-state index < -0.39 is 0 Å². The second-order valence-corrected chi connectivity index (χ2v) is 6.54. The monoisotopic (exact) mass is 351 g/mol. The number of anilines is 1. The molecule has 0 saturated carbocycles. The molecule has 0 aromatic heterocycles. The van der Waals surface area contributed by atoms with Crippen LogP contribution in [0.4, 0.5) is 5.69 Å². The van der Waals surface area contributed by atoms with Gasteiger partial charge in [-0.3, -0.25) is 9.59 Å². The molecule has 1 atom stereocenters. The topological polar surface area (TPSA) is 75.4 Å². The van der Waals surface area contributed by atoms with E-state index in [1.54, 1.807) is 0 Å². The molecule has 0 spiro atoms. The van der Waals surface area contributed by atoms with Gasteiger partial charge >= 0.3 is 0 Å². The minimum Gasteiger partial charge on any atom is -0.338 e. The van der Waals surface area contributed by atoms with Crippen LogP contribution >= 0.6 is 12.4 Å². The first-order valence-electron chi connectivity index (χ1n) is 8.58. The maximum absolute atomic E-state index is 12.4. The molecule has 0 bridgehead atoms. The predicted octanol–water partition coefficient (Wildman–Crippen LogP) is 2.27. The first-order valence-corrected chi connectivity index (χ1v) is 8.58. The van der Waals surface area contributed by atoms with Crippen molar-refractivity contribution < 1.29 is 9.59 Å². The Morgan fingerprint density at radius 2 is 2.17 bits per heavy atom. The van der Waals surface area contributed by atoms with Gasteiger partial charge in [0.15, 0.2) is 0 Å². The van der Waals surface area contributed by atoms with Crippen LogP contribution in [-0.4, -0.2) is 35.8 Å². The quantitative estimate of drug-likeness (QED) is 0.854. The van der Waals surface area contributed by atoms with Gasteiger partial charge in [-0.2, -0.15) is 0 Å². The van der Waals surface area contributed by atoms with E-state index in [1.807, 2.05) is 17.0 Å². The highest BCUT2D eigenvalue weighted by Gasteiger charge is 2.25. The number of aryl methyl sites for hydroxylation is 1. The maximum Gasteiger partial charge on any atom is 0.228 e. The third kappa shape index (κ3) is 4.28. The van der Waals surface area contributed by atoms with E-state index in [0.29, 0.717) is 19.4 Å². The van der Waals surface area contributed by atoms with Crippen molar-refractivity contribution in [1.29, 1.82) is 0 Å². The largest absolute Gasteiger partial charge is 0.338 e. The summed E-state index contributed by atoms with van der Waals surface area (Å²) in [6.07, 6.45) is 6.05. The molecule has 3 rings (SSSR count). The first-order chi connectivity index (χ1) is 11.2. The van der Waals surface area contributed by atoms with E-state index in [2.05, 4.69) is 11.4 Å². The molecule has 2 aliphatic heterocycles. The predicted molar refractivity (Wildman–Crippen MR) is 97.4 cm³/mol. The molecule has 2 amide bonds. The lowest BCUT2D eigenvalue weighted by Gasteiger charge is -2.35. The van der Waals surface area contributed by atoms with E-state index in [9.17, 15) is 9.59 Å². The molecule has 1 saturated heterocycles. The third-order valence-corrected chi connectivity index (χ3v) is 4.87. The second-order valence-electron chi connectivity index (χ2n) is 6.54. The minimum absolute atomic E-state index is 0. The zero-order valence-corrected chi connectivity index (χ0v) is 14.7. The van der Waals surface area contributed by atoms with Crippen LogP contribution in [0.3, 0.4) is 0 Å². The fourth-order valence-corrected chi connectivity index (χ4v) is 3.60. The molecule has 5 nitrogen and oxygen atoms in total. The molecule has 0 aliphatic carbocycles. The Balaban J connectivity index is 0.00000208. The Labute approximate surface area is 149 Å². The van der Waals surface area contributed by atoms with Crippen LogP contribution in [0.15, 0.2) is 18.2 Å². The van der Waals surface area contributed by atoms with Crippen molar-refractivity contribution in [3.8, 4) is 0 Å². The van der Waals surface area contributed by atoms with Gasteiger partial charge in [-0.15, -0.1) is 12.4 Å². The van der Waals surface area contributed by atoms with Gasteiger partial charge in [-0.1, -0.05) is 12.1 Å². The molecule has 6 heteroatoms. The summed E-state index contributed by atoms with van der Waals surface area (Å²) in [4.78, 5) is 25.8. The number of nitrogens with one attached hydrogen (secondary N) is 1. The second kappa shape index (κ2) is 8.49. The number of carbonyl (C=O) groups is 2. The number of carbonyl (C=O) groups excluding carboxylic acids is 2. The van der Waals surface area contributed by atoms with E-state index >= 15 is 0 Å². The molecule has 1 unspecified atom stereocenters. The number of hydrogen-bond acceptors (Lipinski definition) is 3. The molecule has 0 radical (unpaired) electrons. The Hall–Kier alpha value is -1.59. The van der Waals surface area contributed by atoms with Crippen molar-refractivity contribution in [2.45, 2.75) is 51.0 Å². The summed E-state index contributed by atoms with van der Waals surface area (Å²) in [7, 11) is 0. The summed E-state index contributed by atoms with van der Waals surface area (Å²) in [5.74, 6) is 0.295. The Bertz CT molecular complexity index is 606. The Morgan fingerprint density at radius 3 is 2.96 bits per heavy atom. The van der Waals surface area contributed by atoms with Crippen molar-refractivity contribution in [3.05, 3.63) is 29.3 Å². The van der Waals surface area contributed by atoms with E-state index in [1.165, 1.54) is 12.0 Å². The van der Waals surface area contributed by atoms with Crippen LogP contribution in [0.25, 0.3) is 0 Å². The Kier molecular flexibility index (Phi) is 6.63. The smallest absolute Gasteiger partial charge is 0.228 e. The molecular formula is C18H26ClN3O2. The fraction of sp³-hybridized carbons (Fsp3) is 0.556. The van der Waals surface area contributed by atoms with Crippen LogP contribution in [0.2, 0.25) is 0 Å². The summed E-state index contributed by atoms with van der Waals surface area (Å²) >= 11 is 0. The lowest BCUT2D eigenvalue weighted by atomic mass is 10.00. The van der Waals surface area contributed by atoms with Crippen LogP contribution in [0.1, 0.15) is 43.2 Å². The highest BCUT2D eigenvalue weighted by molar-refractivity contribution is 5.99. The molecular weight excluding hydrogens is 326 g/mol. The fourth-order valence-electron chi connectivity index (χ4n) is 3.60. The van der Waals surface area contributed by atoms with Gasteiger partial charge in [0, 0.05) is 31.2 Å². The van der Waals surface area contributed by atoms with E-state index in [4.69, 9.17) is 5.73 Å². The number of piperidine rings is 1. The van der Waals surface area contributed by atoms with Crippen molar-refractivity contribution in [2.24, 2.45) is 5.73 Å². The van der Waals surface area contributed by atoms with Crippen LogP contribution in [-0.2, 0) is 22.4 Å². The highest BCUT2D eigenvalue weighted by atomic mass is 35.5. The Morgan fingerprint density at radius 1 is 1.33 bits per heavy atom. The van der Waals surface area contributed by atoms with E-state index in [-0.39, 0.29) is 30.3 Å². The molecule has 1 aromatic rings. The first kappa shape index (κ1) is 18.7. The van der Waals surface area contributed by atoms with Crippen LogP contribution in [0.5, 0.6) is 0 Å². The maximum atomic E-state index is 12.4. The third-order valence-electron chi connectivity index (χ3n) is 4.87. The van der Waals surface area contributed by atoms with Crippen LogP contribution in [0, 0.1) is 0 Å².